The molecule has 1 aromatic heterocycles. The first-order valence-electron chi connectivity index (χ1n) is 5.33. The zero-order valence-electron chi connectivity index (χ0n) is 9.60. The van der Waals surface area contributed by atoms with Crippen LogP contribution in [0.2, 0.25) is 0 Å². The van der Waals surface area contributed by atoms with Crippen molar-refractivity contribution in [1.82, 2.24) is 4.98 Å². The summed E-state index contributed by atoms with van der Waals surface area (Å²) in [5.41, 5.74) is 7.19. The maximum Gasteiger partial charge on any atom is 0.146 e. The van der Waals surface area contributed by atoms with E-state index in [9.17, 15) is 4.39 Å². The molecule has 0 aliphatic rings. The van der Waals surface area contributed by atoms with Crippen molar-refractivity contribution < 1.29 is 4.39 Å². The van der Waals surface area contributed by atoms with E-state index in [1.807, 2.05) is 30.1 Å². The topological polar surface area (TPSA) is 42.2 Å². The molecule has 1 heterocycles. The van der Waals surface area contributed by atoms with Crippen LogP contribution >= 0.6 is 0 Å². The highest BCUT2D eigenvalue weighted by atomic mass is 19.1. The highest BCUT2D eigenvalue weighted by Gasteiger charge is 2.08. The molecule has 17 heavy (non-hydrogen) atoms. The summed E-state index contributed by atoms with van der Waals surface area (Å²) in [5.74, 6) is 0.244. The number of hydrogen-bond donors (Lipinski definition) is 1. The summed E-state index contributed by atoms with van der Waals surface area (Å²) >= 11 is 0. The first kappa shape index (κ1) is 11.4. The minimum Gasteiger partial charge on any atom is -0.383 e. The number of nitrogen functional groups attached to an aromatic ring is 1. The molecule has 0 aliphatic carbocycles. The van der Waals surface area contributed by atoms with E-state index in [-0.39, 0.29) is 5.82 Å². The highest BCUT2D eigenvalue weighted by molar-refractivity contribution is 5.49. The van der Waals surface area contributed by atoms with Gasteiger partial charge in [0, 0.05) is 25.4 Å². The number of para-hydroxylation sites is 1. The van der Waals surface area contributed by atoms with E-state index in [0.717, 1.165) is 5.56 Å². The zero-order chi connectivity index (χ0) is 12.3. The first-order chi connectivity index (χ1) is 8.18. The standard InChI is InChI=1S/C13H14FN3/c1-17(12-7-3-2-6-11(12)14)9-10-5-4-8-16-13(10)15/h2-8H,9H2,1H3,(H2,15,16). The maximum absolute atomic E-state index is 13.6. The van der Waals surface area contributed by atoms with Crippen LogP contribution in [0.5, 0.6) is 0 Å². The number of pyridine rings is 1. The van der Waals surface area contributed by atoms with Crippen LogP contribution in [0.15, 0.2) is 42.6 Å². The third-order valence-electron chi connectivity index (χ3n) is 2.60. The fraction of sp³-hybridized carbons (Fsp3) is 0.154. The molecule has 0 amide bonds. The SMILES string of the molecule is CN(Cc1cccnc1N)c1ccccc1F. The Kier molecular flexibility index (Phi) is 3.23. The highest BCUT2D eigenvalue weighted by Crippen LogP contribution is 2.20. The van der Waals surface area contributed by atoms with Gasteiger partial charge in [0.25, 0.3) is 0 Å². The number of nitrogens with two attached hydrogens (primary N) is 1. The third kappa shape index (κ3) is 2.53. The predicted octanol–water partition coefficient (Wildman–Crippen LogP) is 2.44. The maximum atomic E-state index is 13.6. The van der Waals surface area contributed by atoms with Crippen molar-refractivity contribution in [3.05, 3.63) is 54.0 Å². The number of aromatic nitrogens is 1. The van der Waals surface area contributed by atoms with E-state index in [1.165, 1.54) is 6.07 Å². The zero-order valence-corrected chi connectivity index (χ0v) is 9.60. The number of halogens is 1. The van der Waals surface area contributed by atoms with Crippen LogP contribution in [0.4, 0.5) is 15.9 Å². The molecular weight excluding hydrogens is 217 g/mol. The van der Waals surface area contributed by atoms with Crippen molar-refractivity contribution in [2.75, 3.05) is 17.7 Å². The van der Waals surface area contributed by atoms with Crippen molar-refractivity contribution in [2.45, 2.75) is 6.54 Å². The summed E-state index contributed by atoms with van der Waals surface area (Å²) in [6, 6.07) is 10.4. The van der Waals surface area contributed by atoms with Crippen molar-refractivity contribution in [3.63, 3.8) is 0 Å². The van der Waals surface area contributed by atoms with E-state index in [0.29, 0.717) is 18.1 Å². The van der Waals surface area contributed by atoms with Gasteiger partial charge >= 0.3 is 0 Å². The second kappa shape index (κ2) is 4.82. The Hall–Kier alpha value is -2.10. The van der Waals surface area contributed by atoms with Crippen LogP contribution in [-0.4, -0.2) is 12.0 Å². The monoisotopic (exact) mass is 231 g/mol. The molecule has 1 aromatic carbocycles. The molecular formula is C13H14FN3. The Balaban J connectivity index is 2.20. The van der Waals surface area contributed by atoms with Gasteiger partial charge in [-0.3, -0.25) is 0 Å². The smallest absolute Gasteiger partial charge is 0.146 e. The minimum atomic E-state index is -0.238. The predicted molar refractivity (Wildman–Crippen MR) is 67.2 cm³/mol. The summed E-state index contributed by atoms with van der Waals surface area (Å²) in [7, 11) is 1.82. The molecule has 0 saturated heterocycles. The Labute approximate surface area is 99.7 Å². The van der Waals surface area contributed by atoms with Crippen LogP contribution in [-0.2, 0) is 6.54 Å². The van der Waals surface area contributed by atoms with Crippen LogP contribution in [0.25, 0.3) is 0 Å². The Morgan fingerprint density at radius 3 is 2.71 bits per heavy atom. The molecule has 4 heteroatoms. The Morgan fingerprint density at radius 1 is 1.24 bits per heavy atom. The lowest BCUT2D eigenvalue weighted by molar-refractivity contribution is 0.622. The molecule has 88 valence electrons. The van der Waals surface area contributed by atoms with Gasteiger partial charge in [0.15, 0.2) is 0 Å². The van der Waals surface area contributed by atoms with Gasteiger partial charge in [-0.25, -0.2) is 9.37 Å². The number of hydrogen-bond acceptors (Lipinski definition) is 3. The summed E-state index contributed by atoms with van der Waals surface area (Å²) in [6.45, 7) is 0.528. The Morgan fingerprint density at radius 2 is 2.00 bits per heavy atom. The number of rotatable bonds is 3. The van der Waals surface area contributed by atoms with Gasteiger partial charge in [0.2, 0.25) is 0 Å². The van der Waals surface area contributed by atoms with Gasteiger partial charge < -0.3 is 10.6 Å². The molecule has 0 fully saturated rings. The molecule has 0 spiro atoms. The molecule has 0 unspecified atom stereocenters. The second-order valence-corrected chi connectivity index (χ2v) is 3.86. The van der Waals surface area contributed by atoms with Crippen LogP contribution in [0.1, 0.15) is 5.56 Å². The lowest BCUT2D eigenvalue weighted by atomic mass is 10.2. The fourth-order valence-corrected chi connectivity index (χ4v) is 1.69. The normalized spacial score (nSPS) is 10.2. The number of anilines is 2. The summed E-state index contributed by atoms with van der Waals surface area (Å²) < 4.78 is 13.6. The largest absolute Gasteiger partial charge is 0.383 e. The summed E-state index contributed by atoms with van der Waals surface area (Å²) in [4.78, 5) is 5.81. The molecule has 2 N–H and O–H groups in total. The van der Waals surface area contributed by atoms with E-state index in [4.69, 9.17) is 5.73 Å². The lowest BCUT2D eigenvalue weighted by Crippen LogP contribution is -2.18. The van der Waals surface area contributed by atoms with Gasteiger partial charge in [0.1, 0.15) is 11.6 Å². The molecule has 0 bridgehead atoms. The average molecular weight is 231 g/mol. The quantitative estimate of drug-likeness (QED) is 0.882. The molecule has 3 nitrogen and oxygen atoms in total. The van der Waals surface area contributed by atoms with Gasteiger partial charge in [0.05, 0.1) is 5.69 Å². The van der Waals surface area contributed by atoms with E-state index in [1.54, 1.807) is 18.3 Å². The van der Waals surface area contributed by atoms with Gasteiger partial charge in [-0.2, -0.15) is 0 Å². The first-order valence-corrected chi connectivity index (χ1v) is 5.33. The van der Waals surface area contributed by atoms with Crippen molar-refractivity contribution in [3.8, 4) is 0 Å². The molecule has 0 aliphatic heterocycles. The summed E-state index contributed by atoms with van der Waals surface area (Å²) in [6.07, 6.45) is 1.64. The van der Waals surface area contributed by atoms with E-state index >= 15 is 0 Å². The van der Waals surface area contributed by atoms with Crippen molar-refractivity contribution in [1.29, 1.82) is 0 Å². The fourth-order valence-electron chi connectivity index (χ4n) is 1.69. The van der Waals surface area contributed by atoms with Gasteiger partial charge in [-0.05, 0) is 18.2 Å². The molecule has 2 aromatic rings. The average Bonchev–Trinajstić information content (AvgIpc) is 2.32. The molecule has 2 rings (SSSR count). The van der Waals surface area contributed by atoms with Crippen molar-refractivity contribution in [2.24, 2.45) is 0 Å². The second-order valence-electron chi connectivity index (χ2n) is 3.86. The molecule has 0 atom stereocenters. The number of benzene rings is 1. The van der Waals surface area contributed by atoms with E-state index < -0.39 is 0 Å². The summed E-state index contributed by atoms with van der Waals surface area (Å²) in [5, 5.41) is 0. The van der Waals surface area contributed by atoms with Crippen LogP contribution in [0, 0.1) is 5.82 Å². The lowest BCUT2D eigenvalue weighted by Gasteiger charge is -2.20. The Bertz CT molecular complexity index is 514. The van der Waals surface area contributed by atoms with E-state index in [2.05, 4.69) is 4.98 Å². The van der Waals surface area contributed by atoms with Crippen molar-refractivity contribution >= 4 is 11.5 Å². The van der Waals surface area contributed by atoms with Crippen LogP contribution < -0.4 is 10.6 Å². The van der Waals surface area contributed by atoms with Crippen LogP contribution in [0.3, 0.4) is 0 Å². The van der Waals surface area contributed by atoms with Gasteiger partial charge in [-0.15, -0.1) is 0 Å². The third-order valence-corrected chi connectivity index (χ3v) is 2.60. The molecule has 0 saturated carbocycles. The minimum absolute atomic E-state index is 0.238. The molecule has 0 radical (unpaired) electrons. The number of nitrogens with zero attached hydrogens (tertiary/aromatic N) is 2. The van der Waals surface area contributed by atoms with Gasteiger partial charge in [-0.1, -0.05) is 18.2 Å².